The van der Waals surface area contributed by atoms with Gasteiger partial charge < -0.3 is 15.0 Å². The molecule has 0 aliphatic heterocycles. The lowest BCUT2D eigenvalue weighted by Crippen LogP contribution is -2.41. The third-order valence-corrected chi connectivity index (χ3v) is 3.96. The summed E-state index contributed by atoms with van der Waals surface area (Å²) in [5.41, 5.74) is 1.01. The maximum absolute atomic E-state index is 11.8. The number of benzene rings is 1. The maximum atomic E-state index is 11.8. The Labute approximate surface area is 121 Å². The summed E-state index contributed by atoms with van der Waals surface area (Å²) in [6.07, 6.45) is 4.03. The standard InChI is InChI=1S/C16H24N2O2/c1-18(2)15-10-8-14(9-11-15)17-16(19)20-12-13-6-4-3-5-7-13/h3-7,14-15H,8-12H2,1-2H3,(H,17,19)/t14-,15-. The Morgan fingerprint density at radius 3 is 2.45 bits per heavy atom. The summed E-state index contributed by atoms with van der Waals surface area (Å²) >= 11 is 0. The van der Waals surface area contributed by atoms with Crippen molar-refractivity contribution in [3.05, 3.63) is 35.9 Å². The van der Waals surface area contributed by atoms with Crippen molar-refractivity contribution in [2.75, 3.05) is 14.1 Å². The van der Waals surface area contributed by atoms with Crippen molar-refractivity contribution in [1.82, 2.24) is 10.2 Å². The number of ether oxygens (including phenoxy) is 1. The fourth-order valence-corrected chi connectivity index (χ4v) is 2.67. The molecule has 0 unspecified atom stereocenters. The van der Waals surface area contributed by atoms with Crippen LogP contribution in [0.4, 0.5) is 4.79 Å². The molecule has 1 aromatic carbocycles. The van der Waals surface area contributed by atoms with E-state index in [2.05, 4.69) is 24.3 Å². The summed E-state index contributed by atoms with van der Waals surface area (Å²) in [5.74, 6) is 0. The number of hydrogen-bond donors (Lipinski definition) is 1. The van der Waals surface area contributed by atoms with Crippen LogP contribution in [0.3, 0.4) is 0 Å². The van der Waals surface area contributed by atoms with E-state index in [0.717, 1.165) is 31.2 Å². The lowest BCUT2D eigenvalue weighted by Gasteiger charge is -2.32. The van der Waals surface area contributed by atoms with E-state index in [-0.39, 0.29) is 12.1 Å². The molecule has 0 radical (unpaired) electrons. The van der Waals surface area contributed by atoms with Gasteiger partial charge in [0.15, 0.2) is 0 Å². The number of alkyl carbamates (subject to hydrolysis) is 1. The fraction of sp³-hybridized carbons (Fsp3) is 0.562. The summed E-state index contributed by atoms with van der Waals surface area (Å²) in [6.45, 7) is 0.333. The summed E-state index contributed by atoms with van der Waals surface area (Å²) < 4.78 is 5.24. The van der Waals surface area contributed by atoms with Gasteiger partial charge in [-0.1, -0.05) is 30.3 Å². The van der Waals surface area contributed by atoms with E-state index < -0.39 is 0 Å². The minimum Gasteiger partial charge on any atom is -0.445 e. The Balaban J connectivity index is 1.68. The third kappa shape index (κ3) is 4.53. The molecule has 1 saturated carbocycles. The molecule has 1 aromatic rings. The Morgan fingerprint density at radius 1 is 1.20 bits per heavy atom. The smallest absolute Gasteiger partial charge is 0.407 e. The number of nitrogens with zero attached hydrogens (tertiary/aromatic N) is 1. The van der Waals surface area contributed by atoms with E-state index in [1.54, 1.807) is 0 Å². The molecule has 4 nitrogen and oxygen atoms in total. The van der Waals surface area contributed by atoms with Crippen LogP contribution < -0.4 is 5.32 Å². The van der Waals surface area contributed by atoms with Crippen LogP contribution in [-0.4, -0.2) is 37.2 Å². The van der Waals surface area contributed by atoms with Gasteiger partial charge in [0, 0.05) is 12.1 Å². The van der Waals surface area contributed by atoms with E-state index in [1.807, 2.05) is 30.3 Å². The summed E-state index contributed by atoms with van der Waals surface area (Å²) in [5, 5.41) is 2.97. The average molecular weight is 276 g/mol. The monoisotopic (exact) mass is 276 g/mol. The molecule has 110 valence electrons. The maximum Gasteiger partial charge on any atom is 0.407 e. The zero-order chi connectivity index (χ0) is 14.4. The second-order valence-corrected chi connectivity index (χ2v) is 5.68. The lowest BCUT2D eigenvalue weighted by molar-refractivity contribution is 0.128. The first kappa shape index (κ1) is 14.9. The molecule has 0 aromatic heterocycles. The highest BCUT2D eigenvalue weighted by molar-refractivity contribution is 5.67. The minimum atomic E-state index is -0.304. The zero-order valence-electron chi connectivity index (χ0n) is 12.3. The van der Waals surface area contributed by atoms with Crippen LogP contribution in [0.15, 0.2) is 30.3 Å². The molecule has 0 spiro atoms. The van der Waals surface area contributed by atoms with Crippen LogP contribution in [-0.2, 0) is 11.3 Å². The highest BCUT2D eigenvalue weighted by Crippen LogP contribution is 2.21. The van der Waals surface area contributed by atoms with E-state index in [1.165, 1.54) is 0 Å². The van der Waals surface area contributed by atoms with Gasteiger partial charge in [0.2, 0.25) is 0 Å². The molecule has 1 fully saturated rings. The highest BCUT2D eigenvalue weighted by Gasteiger charge is 2.23. The molecule has 0 atom stereocenters. The first-order chi connectivity index (χ1) is 9.65. The van der Waals surface area contributed by atoms with Crippen LogP contribution in [0, 0.1) is 0 Å². The fourth-order valence-electron chi connectivity index (χ4n) is 2.67. The molecule has 0 saturated heterocycles. The van der Waals surface area contributed by atoms with Crippen LogP contribution in [0.2, 0.25) is 0 Å². The minimum absolute atomic E-state index is 0.259. The summed E-state index contributed by atoms with van der Waals surface area (Å²) in [7, 11) is 4.24. The molecule has 20 heavy (non-hydrogen) atoms. The molecule has 1 aliphatic rings. The van der Waals surface area contributed by atoms with Crippen molar-refractivity contribution in [1.29, 1.82) is 0 Å². The van der Waals surface area contributed by atoms with Crippen LogP contribution in [0.25, 0.3) is 0 Å². The Morgan fingerprint density at radius 2 is 1.85 bits per heavy atom. The molecule has 4 heteroatoms. The second-order valence-electron chi connectivity index (χ2n) is 5.68. The van der Waals surface area contributed by atoms with Gasteiger partial charge >= 0.3 is 6.09 Å². The SMILES string of the molecule is CN(C)[C@H]1CC[C@H](NC(=O)OCc2ccccc2)CC1. The van der Waals surface area contributed by atoms with Crippen LogP contribution in [0.1, 0.15) is 31.2 Å². The van der Waals surface area contributed by atoms with Crippen molar-refractivity contribution in [2.24, 2.45) is 0 Å². The van der Waals surface area contributed by atoms with Crippen molar-refractivity contribution in [3.63, 3.8) is 0 Å². The predicted octanol–water partition coefficient (Wildman–Crippen LogP) is 2.79. The van der Waals surface area contributed by atoms with Gasteiger partial charge in [-0.05, 0) is 45.3 Å². The quantitative estimate of drug-likeness (QED) is 0.919. The number of carbonyl (C=O) groups is 1. The molecule has 0 bridgehead atoms. The summed E-state index contributed by atoms with van der Waals surface area (Å²) in [6, 6.07) is 10.7. The second kappa shape index (κ2) is 7.29. The molecular formula is C16H24N2O2. The van der Waals surface area contributed by atoms with Gasteiger partial charge in [-0.3, -0.25) is 0 Å². The predicted molar refractivity (Wildman–Crippen MR) is 79.5 cm³/mol. The first-order valence-corrected chi connectivity index (χ1v) is 7.29. The molecule has 1 amide bonds. The average Bonchev–Trinajstić information content (AvgIpc) is 2.47. The molecule has 2 rings (SSSR count). The molecular weight excluding hydrogens is 252 g/mol. The van der Waals surface area contributed by atoms with E-state index >= 15 is 0 Å². The van der Waals surface area contributed by atoms with Crippen molar-refractivity contribution < 1.29 is 9.53 Å². The summed E-state index contributed by atoms with van der Waals surface area (Å²) in [4.78, 5) is 14.0. The lowest BCUT2D eigenvalue weighted by atomic mass is 9.91. The van der Waals surface area contributed by atoms with Gasteiger partial charge in [0.25, 0.3) is 0 Å². The molecule has 1 aliphatic carbocycles. The Bertz CT molecular complexity index is 412. The first-order valence-electron chi connectivity index (χ1n) is 7.29. The zero-order valence-corrected chi connectivity index (χ0v) is 12.3. The van der Waals surface area contributed by atoms with E-state index in [0.29, 0.717) is 12.6 Å². The van der Waals surface area contributed by atoms with Crippen molar-refractivity contribution in [2.45, 2.75) is 44.4 Å². The normalized spacial score (nSPS) is 22.6. The molecule has 1 N–H and O–H groups in total. The number of carbonyl (C=O) groups excluding carboxylic acids is 1. The molecule has 0 heterocycles. The number of nitrogens with one attached hydrogen (secondary N) is 1. The van der Waals surface area contributed by atoms with Crippen LogP contribution >= 0.6 is 0 Å². The third-order valence-electron chi connectivity index (χ3n) is 3.96. The largest absolute Gasteiger partial charge is 0.445 e. The number of amides is 1. The van der Waals surface area contributed by atoms with Crippen LogP contribution in [0.5, 0.6) is 0 Å². The van der Waals surface area contributed by atoms with Crippen molar-refractivity contribution in [3.8, 4) is 0 Å². The van der Waals surface area contributed by atoms with Gasteiger partial charge in [-0.15, -0.1) is 0 Å². The Hall–Kier alpha value is -1.55. The van der Waals surface area contributed by atoms with Gasteiger partial charge in [-0.25, -0.2) is 4.79 Å². The van der Waals surface area contributed by atoms with Gasteiger partial charge in [0.1, 0.15) is 6.61 Å². The van der Waals surface area contributed by atoms with Crippen molar-refractivity contribution >= 4 is 6.09 Å². The topological polar surface area (TPSA) is 41.6 Å². The van der Waals surface area contributed by atoms with Gasteiger partial charge in [-0.2, -0.15) is 0 Å². The number of rotatable bonds is 4. The van der Waals surface area contributed by atoms with E-state index in [9.17, 15) is 4.79 Å². The number of hydrogen-bond acceptors (Lipinski definition) is 3. The highest BCUT2D eigenvalue weighted by atomic mass is 16.5. The Kier molecular flexibility index (Phi) is 5.41. The van der Waals surface area contributed by atoms with Gasteiger partial charge in [0.05, 0.1) is 0 Å². The van der Waals surface area contributed by atoms with E-state index in [4.69, 9.17) is 4.74 Å².